The van der Waals surface area contributed by atoms with Crippen molar-refractivity contribution in [1.82, 2.24) is 0 Å². The number of fused-ring (bicyclic) bond motifs is 5. The molecule has 0 spiro atoms. The lowest BCUT2D eigenvalue weighted by Crippen LogP contribution is -2.65. The van der Waals surface area contributed by atoms with Gasteiger partial charge in [-0.3, -0.25) is 0 Å². The van der Waals surface area contributed by atoms with Gasteiger partial charge in [0.05, 0.1) is 24.0 Å². The lowest BCUT2D eigenvalue weighted by atomic mass is 9.46. The van der Waals surface area contributed by atoms with Crippen molar-refractivity contribution in [3.05, 3.63) is 11.6 Å². The highest BCUT2D eigenvalue weighted by Gasteiger charge is 2.68. The Morgan fingerprint density at radius 3 is 2.10 bits per heavy atom. The summed E-state index contributed by atoms with van der Waals surface area (Å²) in [5.41, 5.74) is 2.88. The van der Waals surface area contributed by atoms with Crippen molar-refractivity contribution in [2.24, 2.45) is 33.7 Å². The van der Waals surface area contributed by atoms with Crippen LogP contribution in [0.3, 0.4) is 0 Å². The zero-order chi connectivity index (χ0) is 29.1. The van der Waals surface area contributed by atoms with Crippen molar-refractivity contribution in [3.8, 4) is 0 Å². The van der Waals surface area contributed by atoms with Gasteiger partial charge >= 0.3 is 0 Å². The SMILES string of the molecule is CO/N=C1/C=C2CC[C@@H]3[C@H](CC[C@@]4(C)[C@H]3CC[C@]4(O[Si](C)(C)C)[C@H](CO[Si](C)(C)C)O[Si](C)(C)C)[C@@]2(C)CC1. The second-order valence-electron chi connectivity index (χ2n) is 16.5. The average Bonchev–Trinajstić information content (AvgIpc) is 3.07. The van der Waals surface area contributed by atoms with Crippen LogP contribution in [0.2, 0.25) is 58.9 Å². The van der Waals surface area contributed by atoms with E-state index in [1.54, 1.807) is 12.7 Å². The number of allylic oxidation sites excluding steroid dienone is 2. The topological polar surface area (TPSA) is 49.3 Å². The fourth-order valence-electron chi connectivity index (χ4n) is 9.12. The van der Waals surface area contributed by atoms with Crippen LogP contribution in [0, 0.1) is 28.6 Å². The van der Waals surface area contributed by atoms with Gasteiger partial charge in [0.2, 0.25) is 0 Å². The highest BCUT2D eigenvalue weighted by atomic mass is 28.4. The maximum Gasteiger partial charge on any atom is 0.184 e. The Bertz CT molecular complexity index is 964. The molecule has 0 radical (unpaired) electrons. The van der Waals surface area contributed by atoms with Crippen molar-refractivity contribution in [1.29, 1.82) is 0 Å². The molecule has 0 amide bonds. The van der Waals surface area contributed by atoms with Gasteiger partial charge in [-0.05, 0) is 140 Å². The van der Waals surface area contributed by atoms with Gasteiger partial charge in [0, 0.05) is 5.41 Å². The van der Waals surface area contributed by atoms with Gasteiger partial charge < -0.3 is 18.1 Å². The Balaban J connectivity index is 1.72. The van der Waals surface area contributed by atoms with Crippen LogP contribution in [0.25, 0.3) is 0 Å². The molecular weight excluding hydrogens is 535 g/mol. The van der Waals surface area contributed by atoms with E-state index in [0.717, 1.165) is 30.4 Å². The molecule has 8 heteroatoms. The maximum absolute atomic E-state index is 7.52. The van der Waals surface area contributed by atoms with Gasteiger partial charge in [-0.15, -0.1) is 0 Å². The van der Waals surface area contributed by atoms with E-state index in [1.807, 2.05) is 0 Å². The first-order valence-electron chi connectivity index (χ1n) is 15.7. The van der Waals surface area contributed by atoms with Crippen LogP contribution in [0.15, 0.2) is 16.8 Å². The molecule has 5 nitrogen and oxygen atoms in total. The minimum Gasteiger partial charge on any atom is -0.415 e. The molecule has 4 aliphatic carbocycles. The molecule has 0 saturated heterocycles. The molecule has 7 atom stereocenters. The molecule has 4 rings (SSSR count). The summed E-state index contributed by atoms with van der Waals surface area (Å²) in [7, 11) is -3.75. The molecule has 0 aromatic heterocycles. The van der Waals surface area contributed by atoms with E-state index >= 15 is 0 Å². The molecule has 0 bridgehead atoms. The molecule has 0 heterocycles. The lowest BCUT2D eigenvalue weighted by Gasteiger charge is -2.62. The number of hydrogen-bond donors (Lipinski definition) is 0. The van der Waals surface area contributed by atoms with E-state index in [4.69, 9.17) is 18.1 Å². The van der Waals surface area contributed by atoms with Crippen LogP contribution in [0.1, 0.15) is 65.2 Å². The molecule has 3 fully saturated rings. The van der Waals surface area contributed by atoms with Crippen LogP contribution in [0.4, 0.5) is 0 Å². The maximum atomic E-state index is 7.52. The molecule has 0 N–H and O–H groups in total. The van der Waals surface area contributed by atoms with E-state index in [1.165, 1.54) is 38.5 Å². The Morgan fingerprint density at radius 2 is 1.51 bits per heavy atom. The van der Waals surface area contributed by atoms with Gasteiger partial charge in [0.15, 0.2) is 25.0 Å². The summed E-state index contributed by atoms with van der Waals surface area (Å²) in [6.45, 7) is 26.9. The standard InChI is InChI=1S/C31H59NO4Si3/c1-29-18-15-24(32-33-3)21-23(29)13-14-25-26(29)16-19-30(2)27(25)17-20-31(30,36-39(10,11)12)28(35-38(7,8)9)22-34-37(4,5)6/h21,25-28H,13-20,22H2,1-12H3/b32-24+/t25-,26+,27+,28+,29+,30+,31+/m1/s1. The first kappa shape index (κ1) is 31.7. The summed E-state index contributed by atoms with van der Waals surface area (Å²) in [4.78, 5) is 5.15. The average molecular weight is 594 g/mol. The van der Waals surface area contributed by atoms with E-state index in [-0.39, 0.29) is 22.5 Å². The molecule has 0 aromatic carbocycles. The van der Waals surface area contributed by atoms with E-state index in [2.05, 4.69) is 84.0 Å². The largest absolute Gasteiger partial charge is 0.415 e. The Morgan fingerprint density at radius 1 is 0.846 bits per heavy atom. The molecule has 224 valence electrons. The van der Waals surface area contributed by atoms with Crippen LogP contribution >= 0.6 is 0 Å². The molecule has 0 unspecified atom stereocenters. The molecule has 0 aromatic rings. The second-order valence-corrected chi connectivity index (χ2v) is 29.9. The van der Waals surface area contributed by atoms with Crippen molar-refractivity contribution < 1.29 is 18.1 Å². The Labute approximate surface area is 243 Å². The number of rotatable bonds is 9. The van der Waals surface area contributed by atoms with Gasteiger partial charge in [-0.25, -0.2) is 0 Å². The number of hydrogen-bond acceptors (Lipinski definition) is 5. The third-order valence-electron chi connectivity index (χ3n) is 10.5. The zero-order valence-corrected chi connectivity index (χ0v) is 30.3. The number of nitrogens with zero attached hydrogens (tertiary/aromatic N) is 1. The Hall–Kier alpha value is -0.259. The van der Waals surface area contributed by atoms with Crippen LogP contribution in [-0.4, -0.2) is 56.1 Å². The van der Waals surface area contributed by atoms with Crippen LogP contribution in [0.5, 0.6) is 0 Å². The summed E-state index contributed by atoms with van der Waals surface area (Å²) in [6, 6.07) is 0. The van der Waals surface area contributed by atoms with Gasteiger partial charge in [0.1, 0.15) is 7.11 Å². The predicted molar refractivity (Wildman–Crippen MR) is 171 cm³/mol. The number of oxime groups is 1. The smallest absolute Gasteiger partial charge is 0.184 e. The van der Waals surface area contributed by atoms with Gasteiger partial charge in [0.25, 0.3) is 0 Å². The van der Waals surface area contributed by atoms with Crippen molar-refractivity contribution in [3.63, 3.8) is 0 Å². The third-order valence-corrected chi connectivity index (χ3v) is 13.5. The summed E-state index contributed by atoms with van der Waals surface area (Å²) >= 11 is 0. The minimum atomic E-state index is -1.88. The van der Waals surface area contributed by atoms with Gasteiger partial charge in [-0.2, -0.15) is 0 Å². The van der Waals surface area contributed by atoms with E-state index in [0.29, 0.717) is 12.5 Å². The third kappa shape index (κ3) is 6.26. The fourth-order valence-corrected chi connectivity index (χ4v) is 12.4. The molecule has 4 aliphatic rings. The fraction of sp³-hybridized carbons (Fsp3) is 0.903. The lowest BCUT2D eigenvalue weighted by molar-refractivity contribution is -0.167. The first-order valence-corrected chi connectivity index (χ1v) is 25.9. The highest BCUT2D eigenvalue weighted by Crippen LogP contribution is 2.69. The van der Waals surface area contributed by atoms with Crippen molar-refractivity contribution >= 4 is 30.7 Å². The summed E-state index contributed by atoms with van der Waals surface area (Å²) < 4.78 is 21.4. The van der Waals surface area contributed by atoms with E-state index in [9.17, 15) is 0 Å². The highest BCUT2D eigenvalue weighted by molar-refractivity contribution is 6.70. The molecule has 3 saturated carbocycles. The van der Waals surface area contributed by atoms with Crippen molar-refractivity contribution in [2.75, 3.05) is 13.7 Å². The first-order chi connectivity index (χ1) is 17.8. The normalized spacial score (nSPS) is 39.0. The summed E-state index contributed by atoms with van der Waals surface area (Å²) in [5, 5.41) is 4.32. The molecule has 39 heavy (non-hydrogen) atoms. The monoisotopic (exact) mass is 593 g/mol. The summed E-state index contributed by atoms with van der Waals surface area (Å²) in [5.74, 6) is 2.18. The Kier molecular flexibility index (Phi) is 8.76. The molecular formula is C31H59NO4Si3. The second kappa shape index (κ2) is 10.8. The van der Waals surface area contributed by atoms with Gasteiger partial charge in [-0.1, -0.05) is 24.6 Å². The minimum absolute atomic E-state index is 0.00583. The van der Waals surface area contributed by atoms with E-state index < -0.39 is 25.0 Å². The van der Waals surface area contributed by atoms with Crippen molar-refractivity contribution in [2.45, 2.75) is 136 Å². The van der Waals surface area contributed by atoms with Crippen LogP contribution < -0.4 is 0 Å². The zero-order valence-electron chi connectivity index (χ0n) is 27.3. The molecule has 0 aliphatic heterocycles. The summed E-state index contributed by atoms with van der Waals surface area (Å²) in [6.07, 6.45) is 12.0. The quantitative estimate of drug-likeness (QED) is 0.198. The predicted octanol–water partition coefficient (Wildman–Crippen LogP) is 8.61. The van der Waals surface area contributed by atoms with Crippen LogP contribution in [-0.2, 0) is 18.1 Å².